The minimum absolute atomic E-state index is 0.0911. The smallest absolute Gasteiger partial charge is 0.407 e. The second-order valence-corrected chi connectivity index (χ2v) is 6.54. The first kappa shape index (κ1) is 18.3. The Balaban J connectivity index is 1.62. The molecule has 1 fully saturated rings. The van der Waals surface area contributed by atoms with Gasteiger partial charge in [0.1, 0.15) is 6.10 Å². The average Bonchev–Trinajstić information content (AvgIpc) is 3.31. The number of hydrogen-bond donors (Lipinski definition) is 2. The predicted molar refractivity (Wildman–Crippen MR) is 94.8 cm³/mol. The van der Waals surface area contributed by atoms with Crippen LogP contribution >= 0.6 is 0 Å². The first-order chi connectivity index (χ1) is 11.6. The summed E-state index contributed by atoms with van der Waals surface area (Å²) in [5.41, 5.74) is 0.762. The first-order valence-electron chi connectivity index (χ1n) is 8.93. The Hall–Kier alpha value is -2.04. The van der Waals surface area contributed by atoms with Crippen molar-refractivity contribution in [1.82, 2.24) is 5.32 Å². The van der Waals surface area contributed by atoms with E-state index >= 15 is 0 Å². The summed E-state index contributed by atoms with van der Waals surface area (Å²) in [4.78, 5) is 23.9. The number of anilines is 1. The number of para-hydroxylation sites is 1. The van der Waals surface area contributed by atoms with Gasteiger partial charge in [0.15, 0.2) is 0 Å². The van der Waals surface area contributed by atoms with Crippen molar-refractivity contribution in [3.63, 3.8) is 0 Å². The number of nitrogens with one attached hydrogen (secondary N) is 2. The highest BCUT2D eigenvalue weighted by atomic mass is 16.6. The monoisotopic (exact) mass is 332 g/mol. The first-order valence-corrected chi connectivity index (χ1v) is 8.93. The van der Waals surface area contributed by atoms with E-state index < -0.39 is 6.09 Å². The van der Waals surface area contributed by atoms with Crippen LogP contribution in [0.2, 0.25) is 0 Å². The van der Waals surface area contributed by atoms with Crippen LogP contribution in [0.3, 0.4) is 0 Å². The molecule has 0 aromatic heterocycles. The van der Waals surface area contributed by atoms with Crippen LogP contribution in [-0.4, -0.2) is 24.1 Å². The summed E-state index contributed by atoms with van der Waals surface area (Å²) in [7, 11) is 0. The van der Waals surface area contributed by atoms with E-state index in [4.69, 9.17) is 4.74 Å². The lowest BCUT2D eigenvalue weighted by Gasteiger charge is -2.13. The fourth-order valence-corrected chi connectivity index (χ4v) is 2.66. The van der Waals surface area contributed by atoms with Crippen LogP contribution in [0.15, 0.2) is 30.3 Å². The van der Waals surface area contributed by atoms with Gasteiger partial charge >= 0.3 is 6.09 Å². The highest BCUT2D eigenvalue weighted by molar-refractivity contribution is 5.95. The van der Waals surface area contributed by atoms with Crippen molar-refractivity contribution >= 4 is 17.7 Å². The molecule has 1 saturated carbocycles. The predicted octanol–water partition coefficient (Wildman–Crippen LogP) is 4.10. The molecule has 3 atom stereocenters. The molecule has 2 rings (SSSR count). The summed E-state index contributed by atoms with van der Waals surface area (Å²) in [6.07, 6.45) is 5.58. The second kappa shape index (κ2) is 9.30. The minimum atomic E-state index is -0.419. The van der Waals surface area contributed by atoms with Gasteiger partial charge in [-0.25, -0.2) is 4.79 Å². The van der Waals surface area contributed by atoms with Gasteiger partial charge in [-0.05, 0) is 25.5 Å². The molecule has 5 nitrogen and oxygen atoms in total. The molecule has 0 heterocycles. The second-order valence-electron chi connectivity index (χ2n) is 6.54. The van der Waals surface area contributed by atoms with Crippen LogP contribution in [0.4, 0.5) is 10.5 Å². The van der Waals surface area contributed by atoms with E-state index in [1.54, 1.807) is 0 Å². The molecular formula is C19H28N2O3. The number of alkyl carbamates (subject to hydrolysis) is 1. The van der Waals surface area contributed by atoms with Gasteiger partial charge in [0.25, 0.3) is 0 Å². The van der Waals surface area contributed by atoms with Gasteiger partial charge in [-0.15, -0.1) is 0 Å². The van der Waals surface area contributed by atoms with E-state index in [1.807, 2.05) is 37.3 Å². The number of benzene rings is 1. The van der Waals surface area contributed by atoms with Crippen LogP contribution in [0.5, 0.6) is 0 Å². The molecule has 0 aliphatic heterocycles. The summed E-state index contributed by atoms with van der Waals surface area (Å²) in [5.74, 6) is -0.331. The lowest BCUT2D eigenvalue weighted by atomic mass is 10.1. The third-order valence-electron chi connectivity index (χ3n) is 4.22. The molecule has 132 valence electrons. The lowest BCUT2D eigenvalue weighted by molar-refractivity contribution is -0.117. The molecule has 0 radical (unpaired) electrons. The number of amides is 2. The molecule has 1 aliphatic carbocycles. The highest BCUT2D eigenvalue weighted by Gasteiger charge is 2.46. The third kappa shape index (κ3) is 6.22. The molecule has 1 aliphatic rings. The molecule has 2 N–H and O–H groups in total. The molecule has 24 heavy (non-hydrogen) atoms. The Bertz CT molecular complexity index is 533. The van der Waals surface area contributed by atoms with E-state index in [9.17, 15) is 9.59 Å². The van der Waals surface area contributed by atoms with Crippen molar-refractivity contribution < 1.29 is 14.3 Å². The maximum Gasteiger partial charge on any atom is 0.407 e. The van der Waals surface area contributed by atoms with Crippen LogP contribution in [-0.2, 0) is 9.53 Å². The zero-order valence-corrected chi connectivity index (χ0v) is 14.6. The Morgan fingerprint density at radius 3 is 2.67 bits per heavy atom. The van der Waals surface area contributed by atoms with Crippen molar-refractivity contribution in [2.75, 3.05) is 5.32 Å². The number of ether oxygens (including phenoxy) is 1. The van der Waals surface area contributed by atoms with E-state index in [2.05, 4.69) is 17.6 Å². The quantitative estimate of drug-likeness (QED) is 0.669. The molecule has 0 spiro atoms. The standard InChI is InChI=1S/C19H28N2O3/c1-3-4-5-7-10-14(2)20-19(23)24-17-13-16(17)18(22)21-15-11-8-6-9-12-15/h6,8-9,11-12,14,16-17H,3-5,7,10,13H2,1-2H3,(H,20,23)(H,21,22). The topological polar surface area (TPSA) is 67.4 Å². The molecule has 3 unspecified atom stereocenters. The lowest BCUT2D eigenvalue weighted by Crippen LogP contribution is -2.34. The summed E-state index contributed by atoms with van der Waals surface area (Å²) in [5, 5.41) is 5.68. The Morgan fingerprint density at radius 1 is 1.21 bits per heavy atom. The summed E-state index contributed by atoms with van der Waals surface area (Å²) in [6, 6.07) is 9.40. The number of unbranched alkanes of at least 4 members (excludes halogenated alkanes) is 3. The Labute approximate surface area is 144 Å². The van der Waals surface area contributed by atoms with Crippen LogP contribution in [0.25, 0.3) is 0 Å². The average molecular weight is 332 g/mol. The van der Waals surface area contributed by atoms with E-state index in [1.165, 1.54) is 19.3 Å². The highest BCUT2D eigenvalue weighted by Crippen LogP contribution is 2.34. The van der Waals surface area contributed by atoms with Gasteiger partial charge in [0, 0.05) is 18.2 Å². The molecular weight excluding hydrogens is 304 g/mol. The van der Waals surface area contributed by atoms with Crippen molar-refractivity contribution in [2.45, 2.75) is 64.5 Å². The van der Waals surface area contributed by atoms with Crippen molar-refractivity contribution in [1.29, 1.82) is 0 Å². The van der Waals surface area contributed by atoms with Crippen molar-refractivity contribution in [2.24, 2.45) is 5.92 Å². The van der Waals surface area contributed by atoms with E-state index in [-0.39, 0.29) is 24.0 Å². The number of rotatable bonds is 9. The van der Waals surface area contributed by atoms with Gasteiger partial charge < -0.3 is 15.4 Å². The van der Waals surface area contributed by atoms with Gasteiger partial charge in [-0.2, -0.15) is 0 Å². The number of carbonyl (C=O) groups is 2. The Morgan fingerprint density at radius 2 is 1.96 bits per heavy atom. The maximum absolute atomic E-state index is 12.1. The third-order valence-corrected chi connectivity index (χ3v) is 4.22. The van der Waals surface area contributed by atoms with Crippen molar-refractivity contribution in [3.8, 4) is 0 Å². The fraction of sp³-hybridized carbons (Fsp3) is 0.579. The zero-order valence-electron chi connectivity index (χ0n) is 14.6. The molecule has 2 amide bonds. The molecule has 0 bridgehead atoms. The van der Waals surface area contributed by atoms with Gasteiger partial charge in [-0.1, -0.05) is 50.8 Å². The van der Waals surface area contributed by atoms with Crippen LogP contribution in [0, 0.1) is 5.92 Å². The molecule has 5 heteroatoms. The fourth-order valence-electron chi connectivity index (χ4n) is 2.66. The van der Waals surface area contributed by atoms with Gasteiger partial charge in [0.2, 0.25) is 5.91 Å². The summed E-state index contributed by atoms with van der Waals surface area (Å²) >= 11 is 0. The molecule has 1 aromatic rings. The summed E-state index contributed by atoms with van der Waals surface area (Å²) < 4.78 is 5.32. The van der Waals surface area contributed by atoms with E-state index in [0.717, 1.165) is 18.5 Å². The number of hydrogen-bond acceptors (Lipinski definition) is 3. The SMILES string of the molecule is CCCCCCC(C)NC(=O)OC1CC1C(=O)Nc1ccccc1. The molecule has 1 aromatic carbocycles. The van der Waals surface area contributed by atoms with Gasteiger partial charge in [-0.3, -0.25) is 4.79 Å². The summed E-state index contributed by atoms with van der Waals surface area (Å²) in [6.45, 7) is 4.17. The number of carbonyl (C=O) groups excluding carboxylic acids is 2. The van der Waals surface area contributed by atoms with E-state index in [0.29, 0.717) is 6.42 Å². The Kier molecular flexibility index (Phi) is 7.09. The van der Waals surface area contributed by atoms with Crippen molar-refractivity contribution in [3.05, 3.63) is 30.3 Å². The van der Waals surface area contributed by atoms with Crippen LogP contribution in [0.1, 0.15) is 52.4 Å². The largest absolute Gasteiger partial charge is 0.445 e. The molecule has 0 saturated heterocycles. The zero-order chi connectivity index (χ0) is 17.4. The maximum atomic E-state index is 12.1. The van der Waals surface area contributed by atoms with Crippen LogP contribution < -0.4 is 10.6 Å². The minimum Gasteiger partial charge on any atom is -0.445 e. The van der Waals surface area contributed by atoms with Gasteiger partial charge in [0.05, 0.1) is 5.92 Å². The normalized spacial score (nSPS) is 20.1.